The highest BCUT2D eigenvalue weighted by Crippen LogP contribution is 2.72. The first kappa shape index (κ1) is 16.9. The lowest BCUT2D eigenvalue weighted by molar-refractivity contribution is -0.204. The van der Waals surface area contributed by atoms with E-state index >= 15 is 0 Å². The molecule has 4 saturated carbocycles. The largest absolute Gasteiger partial charge is 0.459 e. The molecule has 4 rings (SSSR count). The Kier molecular flexibility index (Phi) is 3.51. The van der Waals surface area contributed by atoms with Crippen molar-refractivity contribution in [2.45, 2.75) is 96.7 Å². The number of ether oxygens (including phenoxy) is 1. The van der Waals surface area contributed by atoms with Crippen molar-refractivity contribution in [1.82, 2.24) is 0 Å². The average Bonchev–Trinajstić information content (AvgIpc) is 2.62. The van der Waals surface area contributed by atoms with Crippen LogP contribution >= 0.6 is 0 Å². The fourth-order valence-electron chi connectivity index (χ4n) is 8.19. The predicted molar refractivity (Wildman–Crippen MR) is 93.4 cm³/mol. The van der Waals surface area contributed by atoms with Gasteiger partial charge in [0.05, 0.1) is 5.60 Å². The van der Waals surface area contributed by atoms with Crippen LogP contribution in [0.4, 0.5) is 0 Å². The molecule has 0 amide bonds. The van der Waals surface area contributed by atoms with Gasteiger partial charge in [-0.05, 0) is 94.3 Å². The molecule has 4 fully saturated rings. The van der Waals surface area contributed by atoms with Crippen LogP contribution < -0.4 is 0 Å². The monoisotopic (exact) mass is 334 g/mol. The standard InChI is InChI=1S/C21H34O3/c1-14(22)24-20(4)10-5-9-18(2)16(20)8-11-21-12-15(6-7-17(18)21)19(3,23)13-21/h15-17,23H,5-13H2,1-4H3. The van der Waals surface area contributed by atoms with Crippen LogP contribution in [-0.4, -0.2) is 22.3 Å². The SMILES string of the molecule is CC(=O)OC1(C)CCCC2(C)C3CCC4CC3(CCC12)CC4(C)O. The van der Waals surface area contributed by atoms with Crippen LogP contribution in [0.1, 0.15) is 85.5 Å². The lowest BCUT2D eigenvalue weighted by Gasteiger charge is -2.63. The normalized spacial score (nSPS) is 56.3. The summed E-state index contributed by atoms with van der Waals surface area (Å²) in [6, 6.07) is 0. The lowest BCUT2D eigenvalue weighted by atomic mass is 9.43. The van der Waals surface area contributed by atoms with Gasteiger partial charge in [0.2, 0.25) is 0 Å². The zero-order valence-electron chi connectivity index (χ0n) is 15.9. The highest BCUT2D eigenvalue weighted by Gasteiger charge is 2.67. The molecule has 1 N–H and O–H groups in total. The van der Waals surface area contributed by atoms with Gasteiger partial charge in [-0.3, -0.25) is 4.79 Å². The number of aliphatic hydroxyl groups is 1. The minimum atomic E-state index is -0.466. The third-order valence-electron chi connectivity index (χ3n) is 8.81. The molecular weight excluding hydrogens is 300 g/mol. The van der Waals surface area contributed by atoms with E-state index in [0.717, 1.165) is 25.7 Å². The number of fused-ring (bicyclic) bond motifs is 3. The minimum Gasteiger partial charge on any atom is -0.459 e. The van der Waals surface area contributed by atoms with Gasteiger partial charge >= 0.3 is 5.97 Å². The van der Waals surface area contributed by atoms with Crippen LogP contribution in [0.15, 0.2) is 0 Å². The molecule has 7 atom stereocenters. The zero-order chi connectivity index (χ0) is 17.4. The van der Waals surface area contributed by atoms with E-state index in [1.165, 1.54) is 32.1 Å². The summed E-state index contributed by atoms with van der Waals surface area (Å²) in [6.07, 6.45) is 10.4. The molecule has 0 aromatic rings. The van der Waals surface area contributed by atoms with Gasteiger partial charge in [-0.2, -0.15) is 0 Å². The molecular formula is C21H34O3. The van der Waals surface area contributed by atoms with Gasteiger partial charge < -0.3 is 9.84 Å². The molecule has 24 heavy (non-hydrogen) atoms. The van der Waals surface area contributed by atoms with Crippen molar-refractivity contribution in [2.24, 2.45) is 28.6 Å². The van der Waals surface area contributed by atoms with Gasteiger partial charge in [-0.1, -0.05) is 6.92 Å². The van der Waals surface area contributed by atoms with Crippen molar-refractivity contribution in [3.8, 4) is 0 Å². The number of esters is 1. The average molecular weight is 335 g/mol. The molecule has 2 bridgehead atoms. The third-order valence-corrected chi connectivity index (χ3v) is 8.81. The van der Waals surface area contributed by atoms with Gasteiger partial charge in [0.1, 0.15) is 5.60 Å². The molecule has 3 nitrogen and oxygen atoms in total. The molecule has 0 radical (unpaired) electrons. The van der Waals surface area contributed by atoms with E-state index in [2.05, 4.69) is 20.8 Å². The molecule has 4 aliphatic carbocycles. The Labute approximate surface area is 146 Å². The summed E-state index contributed by atoms with van der Waals surface area (Å²) in [5.41, 5.74) is -0.164. The van der Waals surface area contributed by atoms with E-state index in [0.29, 0.717) is 23.2 Å². The van der Waals surface area contributed by atoms with Crippen molar-refractivity contribution in [1.29, 1.82) is 0 Å². The lowest BCUT2D eigenvalue weighted by Crippen LogP contribution is -2.59. The van der Waals surface area contributed by atoms with Crippen LogP contribution in [-0.2, 0) is 9.53 Å². The zero-order valence-corrected chi connectivity index (χ0v) is 15.9. The van der Waals surface area contributed by atoms with E-state index < -0.39 is 5.60 Å². The molecule has 136 valence electrons. The quantitative estimate of drug-likeness (QED) is 0.720. The van der Waals surface area contributed by atoms with Crippen molar-refractivity contribution in [2.75, 3.05) is 0 Å². The van der Waals surface area contributed by atoms with Gasteiger partial charge in [0.15, 0.2) is 0 Å². The van der Waals surface area contributed by atoms with Crippen molar-refractivity contribution < 1.29 is 14.6 Å². The fourth-order valence-corrected chi connectivity index (χ4v) is 8.19. The van der Waals surface area contributed by atoms with Crippen molar-refractivity contribution in [3.05, 3.63) is 0 Å². The second-order valence-electron chi connectivity index (χ2n) is 10.3. The fraction of sp³-hybridized carbons (Fsp3) is 0.952. The third kappa shape index (κ3) is 2.15. The van der Waals surface area contributed by atoms with E-state index in [9.17, 15) is 9.90 Å². The van der Waals surface area contributed by atoms with Crippen LogP contribution in [0.2, 0.25) is 0 Å². The molecule has 0 aromatic carbocycles. The summed E-state index contributed by atoms with van der Waals surface area (Å²) in [5.74, 6) is 1.52. The van der Waals surface area contributed by atoms with Crippen molar-refractivity contribution >= 4 is 5.97 Å². The Bertz CT molecular complexity index is 555. The van der Waals surface area contributed by atoms with E-state index in [4.69, 9.17) is 4.74 Å². The van der Waals surface area contributed by atoms with Gasteiger partial charge in [-0.15, -0.1) is 0 Å². The van der Waals surface area contributed by atoms with Crippen LogP contribution in [0, 0.1) is 28.6 Å². The summed E-state index contributed by atoms with van der Waals surface area (Å²) >= 11 is 0. The number of hydrogen-bond donors (Lipinski definition) is 1. The smallest absolute Gasteiger partial charge is 0.303 e. The Morgan fingerprint density at radius 1 is 1.04 bits per heavy atom. The number of hydrogen-bond acceptors (Lipinski definition) is 3. The number of carbonyl (C=O) groups is 1. The summed E-state index contributed by atoms with van der Waals surface area (Å²) < 4.78 is 5.92. The summed E-state index contributed by atoms with van der Waals surface area (Å²) in [7, 11) is 0. The van der Waals surface area contributed by atoms with Gasteiger partial charge in [0, 0.05) is 12.8 Å². The molecule has 0 saturated heterocycles. The van der Waals surface area contributed by atoms with Crippen LogP contribution in [0.3, 0.4) is 0 Å². The second-order valence-corrected chi connectivity index (χ2v) is 10.3. The van der Waals surface area contributed by atoms with E-state index in [1.807, 2.05) is 0 Å². The molecule has 4 aliphatic rings. The molecule has 0 aliphatic heterocycles. The summed E-state index contributed by atoms with van der Waals surface area (Å²) in [5, 5.41) is 10.9. The second kappa shape index (κ2) is 4.99. The molecule has 7 unspecified atom stereocenters. The van der Waals surface area contributed by atoms with Gasteiger partial charge in [-0.25, -0.2) is 0 Å². The first-order valence-corrected chi connectivity index (χ1v) is 10.0. The minimum absolute atomic E-state index is 0.130. The Morgan fingerprint density at radius 2 is 1.79 bits per heavy atom. The first-order chi connectivity index (χ1) is 11.1. The maximum Gasteiger partial charge on any atom is 0.303 e. The number of carbonyl (C=O) groups excluding carboxylic acids is 1. The van der Waals surface area contributed by atoms with E-state index in [-0.39, 0.29) is 17.0 Å². The molecule has 0 aromatic heterocycles. The highest BCUT2D eigenvalue weighted by molar-refractivity contribution is 5.66. The highest BCUT2D eigenvalue weighted by atomic mass is 16.6. The maximum absolute atomic E-state index is 11.7. The van der Waals surface area contributed by atoms with Gasteiger partial charge in [0.25, 0.3) is 0 Å². The molecule has 0 heterocycles. The molecule has 3 heteroatoms. The topological polar surface area (TPSA) is 46.5 Å². The summed E-state index contributed by atoms with van der Waals surface area (Å²) in [4.78, 5) is 11.7. The first-order valence-electron chi connectivity index (χ1n) is 10.0. The maximum atomic E-state index is 11.7. The van der Waals surface area contributed by atoms with E-state index in [1.54, 1.807) is 6.92 Å². The molecule has 1 spiro atoms. The van der Waals surface area contributed by atoms with Crippen molar-refractivity contribution in [3.63, 3.8) is 0 Å². The number of rotatable bonds is 1. The Hall–Kier alpha value is -0.570. The Morgan fingerprint density at radius 3 is 2.50 bits per heavy atom. The van der Waals surface area contributed by atoms with Crippen LogP contribution in [0.25, 0.3) is 0 Å². The van der Waals surface area contributed by atoms with Crippen LogP contribution in [0.5, 0.6) is 0 Å². The predicted octanol–water partition coefficient (Wildman–Crippen LogP) is 4.47. The Balaban J connectivity index is 1.69. The summed E-state index contributed by atoms with van der Waals surface area (Å²) in [6.45, 7) is 8.30.